The number of esters is 2. The molecule has 0 bridgehead atoms. The summed E-state index contributed by atoms with van der Waals surface area (Å²) in [6.07, 6.45) is 3.56. The van der Waals surface area contributed by atoms with Gasteiger partial charge in [-0.25, -0.2) is 9.59 Å². The lowest BCUT2D eigenvalue weighted by Crippen LogP contribution is -2.14. The van der Waals surface area contributed by atoms with Crippen LogP contribution in [0.15, 0.2) is 60.9 Å². The summed E-state index contributed by atoms with van der Waals surface area (Å²) in [6, 6.07) is 13.1. The van der Waals surface area contributed by atoms with Gasteiger partial charge in [0, 0.05) is 23.6 Å². The highest BCUT2D eigenvalue weighted by Gasteiger charge is 2.15. The van der Waals surface area contributed by atoms with Gasteiger partial charge in [0.1, 0.15) is 0 Å². The minimum absolute atomic E-state index is 0.125. The van der Waals surface area contributed by atoms with Crippen molar-refractivity contribution in [3.63, 3.8) is 0 Å². The second-order valence-electron chi connectivity index (χ2n) is 6.14. The third-order valence-corrected chi connectivity index (χ3v) is 4.15. The number of nitrogens with one attached hydrogen (secondary N) is 1. The Balaban J connectivity index is 1.78. The molecule has 0 saturated heterocycles. The first-order valence-electron chi connectivity index (χ1n) is 8.69. The molecule has 0 unspecified atom stereocenters. The van der Waals surface area contributed by atoms with Crippen LogP contribution < -0.4 is 5.32 Å². The van der Waals surface area contributed by atoms with Crippen LogP contribution in [0.4, 0.5) is 5.69 Å². The average Bonchev–Trinajstić information content (AvgIpc) is 3.25. The van der Waals surface area contributed by atoms with Gasteiger partial charge in [0.25, 0.3) is 5.91 Å². The summed E-state index contributed by atoms with van der Waals surface area (Å²) < 4.78 is 11.2. The van der Waals surface area contributed by atoms with E-state index in [1.165, 1.54) is 32.4 Å². The van der Waals surface area contributed by atoms with Crippen LogP contribution >= 0.6 is 0 Å². The maximum atomic E-state index is 12.6. The Kier molecular flexibility index (Phi) is 6.03. The topological polar surface area (TPSA) is 99.5 Å². The zero-order valence-corrected chi connectivity index (χ0v) is 15.9. The molecule has 1 aromatic heterocycles. The third-order valence-electron chi connectivity index (χ3n) is 4.15. The van der Waals surface area contributed by atoms with Gasteiger partial charge in [-0.05, 0) is 42.0 Å². The summed E-state index contributed by atoms with van der Waals surface area (Å²) >= 11 is 0. The largest absolute Gasteiger partial charge is 0.465 e. The van der Waals surface area contributed by atoms with Gasteiger partial charge in [-0.2, -0.15) is 5.10 Å². The lowest BCUT2D eigenvalue weighted by molar-refractivity contribution is 0.0599. The number of rotatable bonds is 6. The lowest BCUT2D eigenvalue weighted by Gasteiger charge is -2.10. The van der Waals surface area contributed by atoms with Gasteiger partial charge in [0.15, 0.2) is 0 Å². The Bertz CT molecular complexity index is 993. The molecular weight excluding hydrogens is 374 g/mol. The number of carbonyl (C=O) groups excluding carboxylic acids is 3. The van der Waals surface area contributed by atoms with Crippen molar-refractivity contribution in [2.45, 2.75) is 6.54 Å². The highest BCUT2D eigenvalue weighted by molar-refractivity contribution is 6.06. The molecule has 0 saturated carbocycles. The quantitative estimate of drug-likeness (QED) is 0.647. The van der Waals surface area contributed by atoms with Gasteiger partial charge in [-0.15, -0.1) is 0 Å². The predicted molar refractivity (Wildman–Crippen MR) is 105 cm³/mol. The second-order valence-corrected chi connectivity index (χ2v) is 6.14. The number of aromatic nitrogens is 2. The van der Waals surface area contributed by atoms with Crippen LogP contribution in [0.2, 0.25) is 0 Å². The van der Waals surface area contributed by atoms with Crippen LogP contribution in [0.1, 0.15) is 36.6 Å². The Morgan fingerprint density at radius 2 is 1.55 bits per heavy atom. The highest BCUT2D eigenvalue weighted by Crippen LogP contribution is 2.18. The van der Waals surface area contributed by atoms with Crippen molar-refractivity contribution in [2.24, 2.45) is 0 Å². The first kappa shape index (κ1) is 19.8. The fraction of sp³-hybridized carbons (Fsp3) is 0.143. The summed E-state index contributed by atoms with van der Waals surface area (Å²) in [5.41, 5.74) is 1.95. The van der Waals surface area contributed by atoms with Crippen molar-refractivity contribution in [1.82, 2.24) is 9.78 Å². The number of benzene rings is 2. The smallest absolute Gasteiger partial charge is 0.337 e. The monoisotopic (exact) mass is 393 g/mol. The number of hydrogen-bond donors (Lipinski definition) is 1. The van der Waals surface area contributed by atoms with E-state index in [1.807, 2.05) is 24.4 Å². The third kappa shape index (κ3) is 4.86. The second kappa shape index (κ2) is 8.83. The molecule has 8 heteroatoms. The number of carbonyl (C=O) groups is 3. The molecule has 0 spiro atoms. The van der Waals surface area contributed by atoms with Gasteiger partial charge in [0.2, 0.25) is 0 Å². The van der Waals surface area contributed by atoms with E-state index in [9.17, 15) is 14.4 Å². The van der Waals surface area contributed by atoms with Gasteiger partial charge >= 0.3 is 11.9 Å². The zero-order valence-electron chi connectivity index (χ0n) is 15.9. The highest BCUT2D eigenvalue weighted by atomic mass is 16.5. The van der Waals surface area contributed by atoms with Crippen molar-refractivity contribution in [3.8, 4) is 0 Å². The Hall–Kier alpha value is -3.94. The van der Waals surface area contributed by atoms with E-state index in [-0.39, 0.29) is 22.7 Å². The number of nitrogens with zero attached hydrogens (tertiary/aromatic N) is 2. The summed E-state index contributed by atoms with van der Waals surface area (Å²) in [6.45, 7) is 0.596. The molecular formula is C21H19N3O5. The van der Waals surface area contributed by atoms with Gasteiger partial charge in [-0.1, -0.05) is 12.1 Å². The molecule has 8 nitrogen and oxygen atoms in total. The molecule has 3 rings (SSSR count). The van der Waals surface area contributed by atoms with E-state index in [2.05, 4.69) is 10.4 Å². The molecule has 0 aliphatic rings. The standard InChI is InChI=1S/C21H19N3O5/c1-28-20(26)16-10-17(21(27)29-2)12-18(11-16)23-19(25)15-6-4-14(5-7-15)13-24-9-3-8-22-24/h3-12H,13H2,1-2H3,(H,23,25). The maximum absolute atomic E-state index is 12.6. The van der Waals surface area contributed by atoms with E-state index >= 15 is 0 Å². The van der Waals surface area contributed by atoms with Crippen molar-refractivity contribution in [1.29, 1.82) is 0 Å². The lowest BCUT2D eigenvalue weighted by atomic mass is 10.1. The molecule has 29 heavy (non-hydrogen) atoms. The molecule has 1 amide bonds. The fourth-order valence-electron chi connectivity index (χ4n) is 2.72. The van der Waals surface area contributed by atoms with Crippen LogP contribution in [0.5, 0.6) is 0 Å². The Labute approximate surface area is 167 Å². The van der Waals surface area contributed by atoms with Gasteiger partial charge in [-0.3, -0.25) is 9.48 Å². The van der Waals surface area contributed by atoms with Crippen LogP contribution in [0.3, 0.4) is 0 Å². The predicted octanol–water partition coefficient (Wildman–Crippen LogP) is 2.76. The summed E-state index contributed by atoms with van der Waals surface area (Å²) in [4.78, 5) is 36.3. The number of anilines is 1. The fourth-order valence-corrected chi connectivity index (χ4v) is 2.72. The van der Waals surface area contributed by atoms with E-state index in [4.69, 9.17) is 9.47 Å². The van der Waals surface area contributed by atoms with Gasteiger partial charge in [0.05, 0.1) is 31.9 Å². The van der Waals surface area contributed by atoms with E-state index in [0.717, 1.165) is 5.56 Å². The minimum atomic E-state index is -0.630. The molecule has 0 atom stereocenters. The minimum Gasteiger partial charge on any atom is -0.465 e. The molecule has 1 heterocycles. The molecule has 0 aliphatic carbocycles. The zero-order chi connectivity index (χ0) is 20.8. The van der Waals surface area contributed by atoms with Gasteiger partial charge < -0.3 is 14.8 Å². The van der Waals surface area contributed by atoms with E-state index in [0.29, 0.717) is 12.1 Å². The summed E-state index contributed by atoms with van der Waals surface area (Å²) in [7, 11) is 2.46. The van der Waals surface area contributed by atoms with E-state index < -0.39 is 11.9 Å². The van der Waals surface area contributed by atoms with E-state index in [1.54, 1.807) is 23.0 Å². The van der Waals surface area contributed by atoms with Crippen molar-refractivity contribution >= 4 is 23.5 Å². The molecule has 148 valence electrons. The Morgan fingerprint density at radius 3 is 2.07 bits per heavy atom. The number of ether oxygens (including phenoxy) is 2. The molecule has 2 aromatic carbocycles. The molecule has 0 fully saturated rings. The van der Waals surface area contributed by atoms with Crippen molar-refractivity contribution < 1.29 is 23.9 Å². The van der Waals surface area contributed by atoms with Crippen LogP contribution in [0.25, 0.3) is 0 Å². The van der Waals surface area contributed by atoms with Crippen molar-refractivity contribution in [3.05, 3.63) is 83.2 Å². The molecule has 3 aromatic rings. The van der Waals surface area contributed by atoms with Crippen LogP contribution in [0, 0.1) is 0 Å². The molecule has 1 N–H and O–H groups in total. The van der Waals surface area contributed by atoms with Crippen LogP contribution in [-0.2, 0) is 16.0 Å². The number of methoxy groups -OCH3 is 2. The SMILES string of the molecule is COC(=O)c1cc(NC(=O)c2ccc(Cn3cccn3)cc2)cc(C(=O)OC)c1. The molecule has 0 radical (unpaired) electrons. The normalized spacial score (nSPS) is 10.3. The number of amides is 1. The first-order chi connectivity index (χ1) is 14.0. The number of hydrogen-bond acceptors (Lipinski definition) is 6. The average molecular weight is 393 g/mol. The first-order valence-corrected chi connectivity index (χ1v) is 8.69. The summed E-state index contributed by atoms with van der Waals surface area (Å²) in [5.74, 6) is -1.64. The van der Waals surface area contributed by atoms with Crippen LogP contribution in [-0.4, -0.2) is 41.8 Å². The Morgan fingerprint density at radius 1 is 0.931 bits per heavy atom. The van der Waals surface area contributed by atoms with Crippen molar-refractivity contribution in [2.75, 3.05) is 19.5 Å². The summed E-state index contributed by atoms with van der Waals surface area (Å²) in [5, 5.41) is 6.84. The molecule has 0 aliphatic heterocycles. The maximum Gasteiger partial charge on any atom is 0.337 e.